The van der Waals surface area contributed by atoms with Gasteiger partial charge >= 0.3 is 11.9 Å². The summed E-state index contributed by atoms with van der Waals surface area (Å²) in [5, 5.41) is 7.95. The van der Waals surface area contributed by atoms with Crippen LogP contribution in [0.25, 0.3) is 0 Å². The average molecular weight is 157 g/mol. The minimum atomic E-state index is -1.13. The van der Waals surface area contributed by atoms with Crippen molar-refractivity contribution in [1.29, 1.82) is 5.26 Å². The smallest absolute Gasteiger partial charge is 0.418 e. The molecule has 0 unspecified atom stereocenters. The number of hydrogen-bond donors (Lipinski definition) is 0. The molecule has 0 N–H and O–H groups in total. The van der Waals surface area contributed by atoms with E-state index in [-0.39, 0.29) is 6.61 Å². The molecular weight excluding hydrogens is 150 g/mol. The summed E-state index contributed by atoms with van der Waals surface area (Å²) in [5.41, 5.74) is 0. The van der Waals surface area contributed by atoms with Crippen molar-refractivity contribution >= 4 is 11.9 Å². The van der Waals surface area contributed by atoms with E-state index in [4.69, 9.17) is 5.26 Å². The van der Waals surface area contributed by atoms with Crippen LogP contribution in [0.2, 0.25) is 0 Å². The van der Waals surface area contributed by atoms with Crippen LogP contribution in [0.3, 0.4) is 0 Å². The maximum absolute atomic E-state index is 10.4. The third-order valence-corrected chi connectivity index (χ3v) is 0.710. The summed E-state index contributed by atoms with van der Waals surface area (Å²) in [6.07, 6.45) is 0. The van der Waals surface area contributed by atoms with Crippen LogP contribution in [-0.2, 0) is 19.1 Å². The van der Waals surface area contributed by atoms with Crippen LogP contribution in [0.1, 0.15) is 6.92 Å². The number of hydrogen-bond acceptors (Lipinski definition) is 5. The second-order valence-electron chi connectivity index (χ2n) is 1.45. The van der Waals surface area contributed by atoms with Gasteiger partial charge in [0.15, 0.2) is 6.61 Å². The Labute approximate surface area is 63.5 Å². The molecule has 5 heteroatoms. The highest BCUT2D eigenvalue weighted by atomic mass is 16.6. The number of carbonyl (C=O) groups excluding carboxylic acids is 2. The Morgan fingerprint density at radius 3 is 2.36 bits per heavy atom. The SMILES string of the molecule is CCOC(=O)C(=O)OCC#N. The van der Waals surface area contributed by atoms with Gasteiger partial charge in [-0.25, -0.2) is 9.59 Å². The van der Waals surface area contributed by atoms with Crippen LogP contribution >= 0.6 is 0 Å². The van der Waals surface area contributed by atoms with Crippen molar-refractivity contribution in [2.75, 3.05) is 13.2 Å². The third kappa shape index (κ3) is 3.92. The van der Waals surface area contributed by atoms with Crippen LogP contribution in [0.5, 0.6) is 0 Å². The fourth-order valence-corrected chi connectivity index (χ4v) is 0.347. The van der Waals surface area contributed by atoms with Gasteiger partial charge in [-0.3, -0.25) is 0 Å². The van der Waals surface area contributed by atoms with Crippen molar-refractivity contribution in [3.05, 3.63) is 0 Å². The van der Waals surface area contributed by atoms with Gasteiger partial charge in [-0.05, 0) is 6.92 Å². The van der Waals surface area contributed by atoms with E-state index in [0.717, 1.165) is 0 Å². The standard InChI is InChI=1S/C6H7NO4/c1-2-10-5(8)6(9)11-4-3-7/h2,4H2,1H3. The maximum atomic E-state index is 10.4. The van der Waals surface area contributed by atoms with Gasteiger partial charge in [0, 0.05) is 0 Å². The van der Waals surface area contributed by atoms with Crippen molar-refractivity contribution in [1.82, 2.24) is 0 Å². The minimum absolute atomic E-state index is 0.112. The largest absolute Gasteiger partial charge is 0.458 e. The highest BCUT2D eigenvalue weighted by molar-refractivity contribution is 6.29. The minimum Gasteiger partial charge on any atom is -0.458 e. The summed E-state index contributed by atoms with van der Waals surface area (Å²) in [6.45, 7) is 1.24. The molecule has 0 saturated carbocycles. The predicted molar refractivity (Wildman–Crippen MR) is 33.2 cm³/mol. The number of carbonyl (C=O) groups is 2. The number of nitriles is 1. The Morgan fingerprint density at radius 1 is 1.36 bits per heavy atom. The van der Waals surface area contributed by atoms with Crippen molar-refractivity contribution in [2.45, 2.75) is 6.92 Å². The molecule has 0 aromatic heterocycles. The molecule has 0 amide bonds. The van der Waals surface area contributed by atoms with E-state index in [2.05, 4.69) is 9.47 Å². The van der Waals surface area contributed by atoms with Crippen molar-refractivity contribution in [2.24, 2.45) is 0 Å². The fourth-order valence-electron chi connectivity index (χ4n) is 0.347. The third-order valence-electron chi connectivity index (χ3n) is 0.710. The molecule has 0 atom stereocenters. The Morgan fingerprint density at radius 2 is 1.91 bits per heavy atom. The summed E-state index contributed by atoms with van der Waals surface area (Å²) >= 11 is 0. The Hall–Kier alpha value is -1.57. The molecule has 0 aromatic carbocycles. The van der Waals surface area contributed by atoms with Gasteiger partial charge in [0.2, 0.25) is 0 Å². The van der Waals surface area contributed by atoms with E-state index in [1.807, 2.05) is 0 Å². The monoisotopic (exact) mass is 157 g/mol. The van der Waals surface area contributed by atoms with Gasteiger partial charge in [-0.1, -0.05) is 0 Å². The van der Waals surface area contributed by atoms with Gasteiger partial charge in [-0.2, -0.15) is 5.26 Å². The van der Waals surface area contributed by atoms with Gasteiger partial charge in [0.05, 0.1) is 6.61 Å². The summed E-state index contributed by atoms with van der Waals surface area (Å²) in [7, 11) is 0. The second kappa shape index (κ2) is 5.23. The average Bonchev–Trinajstić information content (AvgIpc) is 2.00. The van der Waals surface area contributed by atoms with E-state index < -0.39 is 18.5 Å². The Balaban J connectivity index is 3.67. The van der Waals surface area contributed by atoms with Crippen LogP contribution in [0.4, 0.5) is 0 Å². The zero-order chi connectivity index (χ0) is 8.69. The van der Waals surface area contributed by atoms with Crippen molar-refractivity contribution < 1.29 is 19.1 Å². The lowest BCUT2D eigenvalue weighted by atomic mass is 10.6. The molecule has 60 valence electrons. The van der Waals surface area contributed by atoms with E-state index in [9.17, 15) is 9.59 Å². The van der Waals surface area contributed by atoms with Gasteiger partial charge in [0.25, 0.3) is 0 Å². The molecule has 0 heterocycles. The molecular formula is C6H7NO4. The topological polar surface area (TPSA) is 76.4 Å². The van der Waals surface area contributed by atoms with Crippen LogP contribution in [-0.4, -0.2) is 25.2 Å². The molecule has 0 radical (unpaired) electrons. The normalized spacial score (nSPS) is 8.00. The zero-order valence-corrected chi connectivity index (χ0v) is 5.99. The molecule has 5 nitrogen and oxygen atoms in total. The number of ether oxygens (including phenoxy) is 2. The fraction of sp³-hybridized carbons (Fsp3) is 0.500. The molecule has 0 saturated heterocycles. The lowest BCUT2D eigenvalue weighted by Crippen LogP contribution is -2.20. The van der Waals surface area contributed by atoms with Gasteiger partial charge in [-0.15, -0.1) is 0 Å². The lowest BCUT2D eigenvalue weighted by molar-refractivity contribution is -0.166. The first-order valence-electron chi connectivity index (χ1n) is 2.93. The van der Waals surface area contributed by atoms with E-state index in [0.29, 0.717) is 0 Å². The van der Waals surface area contributed by atoms with Crippen LogP contribution in [0.15, 0.2) is 0 Å². The molecule has 11 heavy (non-hydrogen) atoms. The van der Waals surface area contributed by atoms with Crippen LogP contribution < -0.4 is 0 Å². The van der Waals surface area contributed by atoms with Crippen molar-refractivity contribution in [3.8, 4) is 6.07 Å². The van der Waals surface area contributed by atoms with Crippen molar-refractivity contribution in [3.63, 3.8) is 0 Å². The van der Waals surface area contributed by atoms with E-state index in [1.165, 1.54) is 0 Å². The molecule has 0 aliphatic rings. The first-order valence-corrected chi connectivity index (χ1v) is 2.93. The number of esters is 2. The molecule has 0 fully saturated rings. The summed E-state index contributed by atoms with van der Waals surface area (Å²) in [5.74, 6) is -2.20. The molecule has 0 aliphatic heterocycles. The summed E-state index contributed by atoms with van der Waals surface area (Å²) in [4.78, 5) is 20.9. The molecule has 0 spiro atoms. The number of nitrogens with zero attached hydrogens (tertiary/aromatic N) is 1. The van der Waals surface area contributed by atoms with Gasteiger partial charge < -0.3 is 9.47 Å². The highest BCUT2D eigenvalue weighted by Crippen LogP contribution is 1.83. The predicted octanol–water partition coefficient (Wildman–Crippen LogP) is -0.384. The molecule has 0 bridgehead atoms. The maximum Gasteiger partial charge on any atom is 0.418 e. The molecule has 0 aliphatic carbocycles. The number of rotatable bonds is 2. The van der Waals surface area contributed by atoms with E-state index in [1.54, 1.807) is 13.0 Å². The molecule has 0 rings (SSSR count). The van der Waals surface area contributed by atoms with Crippen LogP contribution in [0, 0.1) is 11.3 Å². The first-order chi connectivity index (χ1) is 5.22. The Bertz CT molecular complexity index is 193. The second-order valence-corrected chi connectivity index (χ2v) is 1.45. The lowest BCUT2D eigenvalue weighted by Gasteiger charge is -1.98. The quantitative estimate of drug-likeness (QED) is 0.403. The summed E-state index contributed by atoms with van der Waals surface area (Å²) < 4.78 is 8.41. The highest BCUT2D eigenvalue weighted by Gasteiger charge is 2.15. The first kappa shape index (κ1) is 9.43. The van der Waals surface area contributed by atoms with E-state index >= 15 is 0 Å². The zero-order valence-electron chi connectivity index (χ0n) is 5.99. The Kier molecular flexibility index (Phi) is 4.49. The summed E-state index contributed by atoms with van der Waals surface area (Å²) in [6, 6.07) is 1.54. The van der Waals surface area contributed by atoms with Gasteiger partial charge in [0.1, 0.15) is 6.07 Å². The molecule has 0 aromatic rings.